The lowest BCUT2D eigenvalue weighted by Gasteiger charge is -2.27. The Balaban J connectivity index is 1.56. The van der Waals surface area contributed by atoms with Gasteiger partial charge < -0.3 is 13.9 Å². The Morgan fingerprint density at radius 3 is 2.35 bits per heavy atom. The lowest BCUT2D eigenvalue weighted by Crippen LogP contribution is -2.36. The average Bonchev–Trinajstić information content (AvgIpc) is 3.22. The fraction of sp³-hybridized carbons (Fsp3) is 0.0769. The van der Waals surface area contributed by atoms with Crippen molar-refractivity contribution < 1.29 is 13.9 Å². The molecule has 0 amide bonds. The van der Waals surface area contributed by atoms with E-state index in [9.17, 15) is 9.59 Å². The van der Waals surface area contributed by atoms with Gasteiger partial charge in [-0.3, -0.25) is 4.79 Å². The third-order valence-electron chi connectivity index (χ3n) is 5.85. The standard InChI is InChI=1S/C26H15Cl2NO5/c27-14-10-15(28)12-16(11-14)29-25(30)22-20-13-21(32-17-6-2-1-3-7-17)33-23(20)18-8-4-5-9-19(18)24(22)34-26(29)31/h1-13,20,23H. The number of fused-ring (bicyclic) bond motifs is 6. The van der Waals surface area contributed by atoms with Crippen LogP contribution < -0.4 is 16.1 Å². The molecular formula is C26H15Cl2NO5. The van der Waals surface area contributed by atoms with E-state index in [2.05, 4.69) is 0 Å². The van der Waals surface area contributed by atoms with Crippen molar-refractivity contribution in [2.45, 2.75) is 12.0 Å². The van der Waals surface area contributed by atoms with Crippen LogP contribution in [0.15, 0.2) is 98.8 Å². The Morgan fingerprint density at radius 2 is 1.59 bits per heavy atom. The van der Waals surface area contributed by atoms with Gasteiger partial charge in [-0.1, -0.05) is 65.7 Å². The van der Waals surface area contributed by atoms with Crippen molar-refractivity contribution in [2.24, 2.45) is 0 Å². The fourth-order valence-corrected chi connectivity index (χ4v) is 4.97. The van der Waals surface area contributed by atoms with Gasteiger partial charge in [0.05, 0.1) is 17.2 Å². The number of hydrogen-bond acceptors (Lipinski definition) is 5. The van der Waals surface area contributed by atoms with Crippen molar-refractivity contribution in [1.29, 1.82) is 0 Å². The number of aromatic nitrogens is 1. The van der Waals surface area contributed by atoms with E-state index in [1.165, 1.54) is 18.2 Å². The molecule has 0 fully saturated rings. The molecule has 34 heavy (non-hydrogen) atoms. The van der Waals surface area contributed by atoms with E-state index in [1.54, 1.807) is 12.1 Å². The Labute approximate surface area is 203 Å². The Morgan fingerprint density at radius 1 is 0.882 bits per heavy atom. The van der Waals surface area contributed by atoms with Gasteiger partial charge >= 0.3 is 5.76 Å². The molecule has 8 heteroatoms. The molecular weight excluding hydrogens is 477 g/mol. The van der Waals surface area contributed by atoms with Gasteiger partial charge in [-0.25, -0.2) is 9.36 Å². The zero-order valence-electron chi connectivity index (χ0n) is 17.4. The number of halogens is 2. The molecule has 2 atom stereocenters. The molecule has 0 saturated carbocycles. The second-order valence-electron chi connectivity index (χ2n) is 7.93. The summed E-state index contributed by atoms with van der Waals surface area (Å²) >= 11 is 12.2. The van der Waals surface area contributed by atoms with Crippen LogP contribution in [0, 0.1) is 0 Å². The maximum atomic E-state index is 13.8. The summed E-state index contributed by atoms with van der Waals surface area (Å²) in [5.41, 5.74) is 1.41. The molecule has 6 nitrogen and oxygen atoms in total. The van der Waals surface area contributed by atoms with Crippen molar-refractivity contribution in [2.75, 3.05) is 0 Å². The third-order valence-corrected chi connectivity index (χ3v) is 6.28. The Kier molecular flexibility index (Phi) is 4.86. The van der Waals surface area contributed by atoms with Crippen LogP contribution in [-0.4, -0.2) is 4.57 Å². The summed E-state index contributed by atoms with van der Waals surface area (Å²) in [6, 6.07) is 21.1. The van der Waals surface area contributed by atoms with E-state index in [0.29, 0.717) is 16.9 Å². The van der Waals surface area contributed by atoms with E-state index in [-0.39, 0.29) is 27.4 Å². The zero-order chi connectivity index (χ0) is 23.4. The summed E-state index contributed by atoms with van der Waals surface area (Å²) < 4.78 is 18.7. The van der Waals surface area contributed by atoms with E-state index < -0.39 is 23.3 Å². The van der Waals surface area contributed by atoms with Crippen molar-refractivity contribution in [1.82, 2.24) is 4.57 Å². The van der Waals surface area contributed by atoms with Crippen LogP contribution >= 0.6 is 23.2 Å². The molecule has 0 spiro atoms. The first kappa shape index (κ1) is 20.8. The summed E-state index contributed by atoms with van der Waals surface area (Å²) in [5.74, 6) is -0.268. The van der Waals surface area contributed by atoms with Gasteiger partial charge in [0.25, 0.3) is 11.5 Å². The molecule has 1 aromatic heterocycles. The molecule has 3 aromatic carbocycles. The van der Waals surface area contributed by atoms with Gasteiger partial charge in [0.1, 0.15) is 17.6 Å². The van der Waals surface area contributed by atoms with Gasteiger partial charge in [-0.2, -0.15) is 0 Å². The number of ether oxygens (including phenoxy) is 2. The van der Waals surface area contributed by atoms with Crippen LogP contribution in [0.1, 0.15) is 23.1 Å². The second-order valence-corrected chi connectivity index (χ2v) is 8.80. The monoisotopic (exact) mass is 491 g/mol. The summed E-state index contributed by atoms with van der Waals surface area (Å²) in [4.78, 5) is 26.7. The highest BCUT2D eigenvalue weighted by Crippen LogP contribution is 2.50. The molecule has 2 heterocycles. The topological polar surface area (TPSA) is 70.7 Å². The SMILES string of the molecule is O=c1oc2c(c(=O)n1-c1cc(Cl)cc(Cl)c1)C1C=C(Oc3ccccc3)OC1c1ccccc1-2. The summed E-state index contributed by atoms with van der Waals surface area (Å²) in [6.45, 7) is 0. The predicted octanol–water partition coefficient (Wildman–Crippen LogP) is 5.85. The van der Waals surface area contributed by atoms with Crippen LogP contribution in [0.5, 0.6) is 5.75 Å². The molecule has 0 saturated heterocycles. The average molecular weight is 492 g/mol. The highest BCUT2D eigenvalue weighted by atomic mass is 35.5. The Hall–Kier alpha value is -3.74. The summed E-state index contributed by atoms with van der Waals surface area (Å²) in [7, 11) is 0. The first-order valence-electron chi connectivity index (χ1n) is 10.5. The quantitative estimate of drug-likeness (QED) is 0.359. The van der Waals surface area contributed by atoms with Crippen molar-refractivity contribution in [3.05, 3.63) is 127 Å². The first-order chi connectivity index (χ1) is 16.5. The Bertz CT molecular complexity index is 1570. The van der Waals surface area contributed by atoms with Crippen LogP contribution in [0.25, 0.3) is 17.0 Å². The van der Waals surface area contributed by atoms with Gasteiger partial charge in [-0.15, -0.1) is 0 Å². The van der Waals surface area contributed by atoms with Crippen LogP contribution in [-0.2, 0) is 4.74 Å². The molecule has 0 N–H and O–H groups in total. The molecule has 1 aliphatic carbocycles. The lowest BCUT2D eigenvalue weighted by molar-refractivity contribution is 0.0599. The fourth-order valence-electron chi connectivity index (χ4n) is 4.45. The van der Waals surface area contributed by atoms with Crippen LogP contribution in [0.4, 0.5) is 0 Å². The third kappa shape index (κ3) is 3.34. The molecule has 1 aliphatic heterocycles. The number of benzene rings is 3. The van der Waals surface area contributed by atoms with E-state index >= 15 is 0 Å². The number of nitrogens with zero attached hydrogens (tertiary/aromatic N) is 1. The second kappa shape index (κ2) is 7.94. The molecule has 0 radical (unpaired) electrons. The van der Waals surface area contributed by atoms with Crippen molar-refractivity contribution in [3.8, 4) is 22.8 Å². The van der Waals surface area contributed by atoms with E-state index in [0.717, 1.165) is 10.1 Å². The lowest BCUT2D eigenvalue weighted by atomic mass is 9.81. The van der Waals surface area contributed by atoms with Gasteiger partial charge in [0.15, 0.2) is 0 Å². The highest BCUT2D eigenvalue weighted by molar-refractivity contribution is 6.34. The van der Waals surface area contributed by atoms with E-state index in [4.69, 9.17) is 37.1 Å². The van der Waals surface area contributed by atoms with Gasteiger partial charge in [0.2, 0.25) is 0 Å². The maximum Gasteiger partial charge on any atom is 0.426 e. The number of para-hydroxylation sites is 1. The predicted molar refractivity (Wildman–Crippen MR) is 128 cm³/mol. The zero-order valence-corrected chi connectivity index (χ0v) is 18.9. The first-order valence-corrected chi connectivity index (χ1v) is 11.2. The minimum atomic E-state index is -0.834. The molecule has 168 valence electrons. The molecule has 0 bridgehead atoms. The minimum Gasteiger partial charge on any atom is -0.456 e. The highest BCUT2D eigenvalue weighted by Gasteiger charge is 2.43. The molecule has 4 aromatic rings. The van der Waals surface area contributed by atoms with Crippen molar-refractivity contribution >= 4 is 23.2 Å². The maximum absolute atomic E-state index is 13.8. The summed E-state index contributed by atoms with van der Waals surface area (Å²) in [5, 5.41) is 0.578. The normalized spacial score (nSPS) is 17.8. The summed E-state index contributed by atoms with van der Waals surface area (Å²) in [6.07, 6.45) is 1.22. The van der Waals surface area contributed by atoms with Gasteiger partial charge in [-0.05, 0) is 30.3 Å². The smallest absolute Gasteiger partial charge is 0.426 e. The van der Waals surface area contributed by atoms with Crippen molar-refractivity contribution in [3.63, 3.8) is 0 Å². The molecule has 2 aliphatic rings. The van der Waals surface area contributed by atoms with E-state index in [1.807, 2.05) is 48.5 Å². The van der Waals surface area contributed by atoms with Crippen LogP contribution in [0.3, 0.4) is 0 Å². The number of rotatable bonds is 3. The van der Waals surface area contributed by atoms with Crippen LogP contribution in [0.2, 0.25) is 10.0 Å². The molecule has 2 unspecified atom stereocenters. The largest absolute Gasteiger partial charge is 0.456 e. The molecule has 6 rings (SSSR count). The number of hydrogen-bond donors (Lipinski definition) is 0. The van der Waals surface area contributed by atoms with Gasteiger partial charge in [0, 0.05) is 27.2 Å². The minimum absolute atomic E-state index is 0.219.